The van der Waals surface area contributed by atoms with Crippen LogP contribution >= 0.6 is 0 Å². The van der Waals surface area contributed by atoms with Crippen LogP contribution in [0.1, 0.15) is 17.7 Å². The number of hydrogen-bond acceptors (Lipinski definition) is 5. The highest BCUT2D eigenvalue weighted by Crippen LogP contribution is 2.26. The van der Waals surface area contributed by atoms with E-state index in [1.807, 2.05) is 12.1 Å². The zero-order chi connectivity index (χ0) is 15.1. The fourth-order valence-electron chi connectivity index (χ4n) is 1.86. The van der Waals surface area contributed by atoms with Gasteiger partial charge in [0.2, 0.25) is 0 Å². The molecule has 0 bridgehead atoms. The second kappa shape index (κ2) is 7.19. The Morgan fingerprint density at radius 3 is 2.90 bits per heavy atom. The summed E-state index contributed by atoms with van der Waals surface area (Å²) in [6.45, 7) is 0. The Hall–Kier alpha value is -2.69. The topological polar surface area (TPSA) is 75.2 Å². The molecule has 0 radical (unpaired) electrons. The summed E-state index contributed by atoms with van der Waals surface area (Å²) in [5.74, 6) is 1.33. The van der Waals surface area contributed by atoms with E-state index in [0.29, 0.717) is 24.3 Å². The van der Waals surface area contributed by atoms with Gasteiger partial charge in [-0.3, -0.25) is 0 Å². The van der Waals surface area contributed by atoms with Gasteiger partial charge < -0.3 is 19.5 Å². The van der Waals surface area contributed by atoms with Gasteiger partial charge in [0.25, 0.3) is 0 Å². The molecule has 0 saturated carbocycles. The van der Waals surface area contributed by atoms with Crippen LogP contribution in [0.25, 0.3) is 6.08 Å². The molecule has 5 nitrogen and oxygen atoms in total. The average Bonchev–Trinajstić information content (AvgIpc) is 3.02. The van der Waals surface area contributed by atoms with Crippen LogP contribution < -0.4 is 4.74 Å². The molecule has 21 heavy (non-hydrogen) atoms. The summed E-state index contributed by atoms with van der Waals surface area (Å²) in [6.07, 6.45) is 6.35. The Morgan fingerprint density at radius 2 is 2.24 bits per heavy atom. The number of methoxy groups -OCH3 is 1. The van der Waals surface area contributed by atoms with Crippen LogP contribution in [0.3, 0.4) is 0 Å². The van der Waals surface area contributed by atoms with E-state index in [1.54, 1.807) is 36.6 Å². The van der Waals surface area contributed by atoms with Crippen LogP contribution in [0.4, 0.5) is 0 Å². The van der Waals surface area contributed by atoms with Crippen molar-refractivity contribution in [3.05, 3.63) is 54.0 Å². The van der Waals surface area contributed by atoms with Crippen molar-refractivity contribution < 1.29 is 19.5 Å². The highest BCUT2D eigenvalue weighted by atomic mass is 16.5. The van der Waals surface area contributed by atoms with E-state index in [4.69, 9.17) is 14.4 Å². The highest BCUT2D eigenvalue weighted by Gasteiger charge is 2.02. The number of benzene rings is 1. The van der Waals surface area contributed by atoms with E-state index in [2.05, 4.69) is 5.16 Å². The Morgan fingerprint density at radius 1 is 1.38 bits per heavy atom. The Labute approximate surface area is 122 Å². The number of oxime groups is 1. The van der Waals surface area contributed by atoms with Gasteiger partial charge in [0.1, 0.15) is 5.76 Å². The number of hydrogen-bond donors (Lipinski definition) is 2. The lowest BCUT2D eigenvalue weighted by Crippen LogP contribution is -1.96. The summed E-state index contributed by atoms with van der Waals surface area (Å²) in [6, 6.07) is 8.70. The maximum atomic E-state index is 9.53. The maximum absolute atomic E-state index is 9.53. The Bertz CT molecular complexity index is 630. The third-order valence-electron chi connectivity index (χ3n) is 3.01. The van der Waals surface area contributed by atoms with Gasteiger partial charge in [-0.05, 0) is 35.9 Å². The zero-order valence-corrected chi connectivity index (χ0v) is 11.7. The van der Waals surface area contributed by atoms with Crippen molar-refractivity contribution in [3.63, 3.8) is 0 Å². The van der Waals surface area contributed by atoms with Gasteiger partial charge in [-0.2, -0.15) is 0 Å². The number of furan rings is 1. The zero-order valence-electron chi connectivity index (χ0n) is 11.7. The first-order chi connectivity index (χ1) is 10.2. The molecule has 0 amide bonds. The van der Waals surface area contributed by atoms with Gasteiger partial charge in [0, 0.05) is 12.8 Å². The first-order valence-corrected chi connectivity index (χ1v) is 6.51. The minimum atomic E-state index is 0.0866. The minimum Gasteiger partial charge on any atom is -0.504 e. The van der Waals surface area contributed by atoms with Crippen LogP contribution in [0.15, 0.2) is 52.2 Å². The quantitative estimate of drug-likeness (QED) is 0.484. The number of nitrogens with zero attached hydrogens (tertiary/aromatic N) is 1. The summed E-state index contributed by atoms with van der Waals surface area (Å²) < 4.78 is 10.3. The van der Waals surface area contributed by atoms with Gasteiger partial charge in [-0.15, -0.1) is 0 Å². The van der Waals surface area contributed by atoms with Gasteiger partial charge >= 0.3 is 0 Å². The third-order valence-corrected chi connectivity index (χ3v) is 3.01. The summed E-state index contributed by atoms with van der Waals surface area (Å²) in [4.78, 5) is 0. The molecule has 0 aliphatic heterocycles. The summed E-state index contributed by atoms with van der Waals surface area (Å²) in [7, 11) is 1.49. The Balaban J connectivity index is 2.00. The van der Waals surface area contributed by atoms with E-state index < -0.39 is 0 Å². The predicted octanol–water partition coefficient (Wildman–Crippen LogP) is 3.47. The molecule has 0 unspecified atom stereocenters. The van der Waals surface area contributed by atoms with Crippen LogP contribution in [-0.4, -0.2) is 23.1 Å². The largest absolute Gasteiger partial charge is 0.504 e. The molecule has 2 aromatic rings. The SMILES string of the molecule is COc1cc(/C=C/C(CCc2ccco2)=N/O)ccc1O. The van der Waals surface area contributed by atoms with Crippen molar-refractivity contribution in [2.75, 3.05) is 7.11 Å². The molecule has 0 fully saturated rings. The summed E-state index contributed by atoms with van der Waals surface area (Å²) >= 11 is 0. The maximum Gasteiger partial charge on any atom is 0.161 e. The number of ether oxygens (including phenoxy) is 1. The van der Waals surface area contributed by atoms with Crippen LogP contribution in [0.2, 0.25) is 0 Å². The molecule has 0 spiro atoms. The molecule has 0 atom stereocenters. The fraction of sp³-hybridized carbons (Fsp3) is 0.188. The molecule has 2 rings (SSSR count). The molecule has 5 heteroatoms. The molecule has 1 heterocycles. The highest BCUT2D eigenvalue weighted by molar-refractivity contribution is 5.97. The molecule has 0 aliphatic carbocycles. The van der Waals surface area contributed by atoms with Gasteiger partial charge in [0.15, 0.2) is 11.5 Å². The van der Waals surface area contributed by atoms with E-state index in [-0.39, 0.29) is 5.75 Å². The van der Waals surface area contributed by atoms with Crippen LogP contribution in [-0.2, 0) is 6.42 Å². The molecular formula is C16H17NO4. The van der Waals surface area contributed by atoms with E-state index in [9.17, 15) is 5.11 Å². The molecule has 1 aromatic heterocycles. The molecule has 1 aromatic carbocycles. The van der Waals surface area contributed by atoms with E-state index >= 15 is 0 Å². The van der Waals surface area contributed by atoms with E-state index in [0.717, 1.165) is 11.3 Å². The third kappa shape index (κ3) is 4.14. The molecular weight excluding hydrogens is 270 g/mol. The summed E-state index contributed by atoms with van der Waals surface area (Å²) in [5.41, 5.74) is 1.38. The standard InChI is InChI=1S/C16H17NO4/c1-20-16-11-12(5-9-15(16)18)4-6-13(17-19)7-8-14-3-2-10-21-14/h2-6,9-11,18-19H,7-8H2,1H3/b6-4+,17-13-. The van der Waals surface area contributed by atoms with Crippen molar-refractivity contribution in [2.24, 2.45) is 5.16 Å². The van der Waals surface area contributed by atoms with Crippen LogP contribution in [0, 0.1) is 0 Å². The minimum absolute atomic E-state index is 0.0866. The lowest BCUT2D eigenvalue weighted by molar-refractivity contribution is 0.318. The number of allylic oxidation sites excluding steroid dienone is 1. The predicted molar refractivity (Wildman–Crippen MR) is 79.9 cm³/mol. The number of phenols is 1. The normalized spacial score (nSPS) is 12.0. The van der Waals surface area contributed by atoms with Gasteiger partial charge in [0.05, 0.1) is 19.1 Å². The monoisotopic (exact) mass is 287 g/mol. The molecule has 0 saturated heterocycles. The van der Waals surface area contributed by atoms with Crippen molar-refractivity contribution in [3.8, 4) is 11.5 Å². The number of phenolic OH excluding ortho intramolecular Hbond substituents is 1. The first-order valence-electron chi connectivity index (χ1n) is 6.51. The van der Waals surface area contributed by atoms with Crippen molar-refractivity contribution in [2.45, 2.75) is 12.8 Å². The second-order valence-electron chi connectivity index (χ2n) is 4.44. The molecule has 2 N–H and O–H groups in total. The second-order valence-corrected chi connectivity index (χ2v) is 4.44. The van der Waals surface area contributed by atoms with Crippen molar-refractivity contribution in [1.82, 2.24) is 0 Å². The number of rotatable bonds is 6. The summed E-state index contributed by atoms with van der Waals surface area (Å²) in [5, 5.41) is 21.8. The lowest BCUT2D eigenvalue weighted by Gasteiger charge is -2.03. The molecule has 110 valence electrons. The first kappa shape index (κ1) is 14.7. The lowest BCUT2D eigenvalue weighted by atomic mass is 10.1. The van der Waals surface area contributed by atoms with Crippen molar-refractivity contribution >= 4 is 11.8 Å². The van der Waals surface area contributed by atoms with Gasteiger partial charge in [-0.1, -0.05) is 17.3 Å². The average molecular weight is 287 g/mol. The number of aromatic hydroxyl groups is 1. The molecule has 0 aliphatic rings. The smallest absolute Gasteiger partial charge is 0.161 e. The Kier molecular flexibility index (Phi) is 5.04. The fourth-order valence-corrected chi connectivity index (χ4v) is 1.86. The van der Waals surface area contributed by atoms with E-state index in [1.165, 1.54) is 7.11 Å². The number of aryl methyl sites for hydroxylation is 1. The van der Waals surface area contributed by atoms with Crippen LogP contribution in [0.5, 0.6) is 11.5 Å². The van der Waals surface area contributed by atoms with Gasteiger partial charge in [-0.25, -0.2) is 0 Å². The van der Waals surface area contributed by atoms with Crippen molar-refractivity contribution in [1.29, 1.82) is 0 Å².